The largest absolute Gasteiger partial charge is 0.346 e. The summed E-state index contributed by atoms with van der Waals surface area (Å²) >= 11 is 0. The van der Waals surface area contributed by atoms with Crippen molar-refractivity contribution in [2.45, 2.75) is 83.2 Å². The van der Waals surface area contributed by atoms with Crippen molar-refractivity contribution >= 4 is 18.4 Å². The predicted octanol–water partition coefficient (Wildman–Crippen LogP) is 3.03. The Morgan fingerprint density at radius 2 is 1.59 bits per heavy atom. The van der Waals surface area contributed by atoms with Gasteiger partial charge in [-0.2, -0.15) is 0 Å². The van der Waals surface area contributed by atoms with Gasteiger partial charge < -0.3 is 18.5 Å². The maximum atomic E-state index is 13.2. The molecule has 0 N–H and O–H groups in total. The first-order valence-corrected chi connectivity index (χ1v) is 10.7. The third-order valence-corrected chi connectivity index (χ3v) is 8.70. The zero-order valence-corrected chi connectivity index (χ0v) is 15.8. The van der Waals surface area contributed by atoms with Crippen LogP contribution >= 0.6 is 7.60 Å². The topological polar surface area (TPSA) is 71.1 Å². The molecule has 0 aromatic rings. The van der Waals surface area contributed by atoms with Crippen molar-refractivity contribution in [2.75, 3.05) is 5.75 Å². The maximum absolute atomic E-state index is 13.2. The van der Waals surface area contributed by atoms with Gasteiger partial charge in [0.2, 0.25) is 0 Å². The molecule has 8 heteroatoms. The molecule has 0 aliphatic carbocycles. The highest BCUT2D eigenvalue weighted by molar-refractivity contribution is 7.93. The monoisotopic (exact) mass is 354 g/mol. The summed E-state index contributed by atoms with van der Waals surface area (Å²) in [6.45, 7) is 10.8. The zero-order chi connectivity index (χ0) is 16.7. The third-order valence-electron chi connectivity index (χ3n) is 3.42. The van der Waals surface area contributed by atoms with E-state index < -0.39 is 29.2 Å². The van der Waals surface area contributed by atoms with Gasteiger partial charge in [-0.25, -0.2) is 0 Å². The summed E-state index contributed by atoms with van der Waals surface area (Å²) in [6, 6.07) is 0. The standard InChI is InChI=1S/C14H27O6PS/c1-9(2)19-21(15,20-10(3)4)13-7-11-12(8-22(13)16)18-14(5,6)17-11/h9-13H,7-8H2,1-6H3/t11-,12+,13?,22?/m0/s1. The lowest BCUT2D eigenvalue weighted by atomic mass is 10.2. The van der Waals surface area contributed by atoms with E-state index >= 15 is 0 Å². The van der Waals surface area contributed by atoms with E-state index in [4.69, 9.17) is 18.5 Å². The molecule has 0 radical (unpaired) electrons. The molecule has 0 bridgehead atoms. The molecule has 0 spiro atoms. The van der Waals surface area contributed by atoms with E-state index in [2.05, 4.69) is 0 Å². The molecule has 2 rings (SSSR count). The Morgan fingerprint density at radius 3 is 2.09 bits per heavy atom. The Kier molecular flexibility index (Phi) is 5.58. The highest BCUT2D eigenvalue weighted by Gasteiger charge is 2.53. The summed E-state index contributed by atoms with van der Waals surface area (Å²) in [5.74, 6) is -0.401. The summed E-state index contributed by atoms with van der Waals surface area (Å²) in [7, 11) is -4.83. The quantitative estimate of drug-likeness (QED) is 0.707. The molecule has 2 aliphatic heterocycles. The molecule has 130 valence electrons. The van der Waals surface area contributed by atoms with Crippen LogP contribution in [0.25, 0.3) is 0 Å². The zero-order valence-electron chi connectivity index (χ0n) is 14.1. The first-order valence-electron chi connectivity index (χ1n) is 7.72. The first-order chi connectivity index (χ1) is 10.0. The van der Waals surface area contributed by atoms with Crippen LogP contribution in [0.5, 0.6) is 0 Å². The first kappa shape index (κ1) is 18.6. The number of ether oxygens (including phenoxy) is 2. The second-order valence-electron chi connectivity index (χ2n) is 6.80. The molecule has 0 aromatic heterocycles. The lowest BCUT2D eigenvalue weighted by molar-refractivity contribution is -0.144. The Hall–Kier alpha value is 0.220. The molecular weight excluding hydrogens is 327 g/mol. The Balaban J connectivity index is 2.21. The molecule has 2 aliphatic rings. The minimum absolute atomic E-state index is 0.223. The normalized spacial score (nSPS) is 35.1. The Morgan fingerprint density at radius 1 is 1.09 bits per heavy atom. The van der Waals surface area contributed by atoms with Gasteiger partial charge in [-0.15, -0.1) is 0 Å². The van der Waals surface area contributed by atoms with Crippen molar-refractivity contribution in [2.24, 2.45) is 0 Å². The number of rotatable bonds is 5. The Bertz CT molecular complexity index is 464. The third kappa shape index (κ3) is 4.19. The van der Waals surface area contributed by atoms with Gasteiger partial charge in [-0.1, -0.05) is 0 Å². The van der Waals surface area contributed by atoms with Crippen LogP contribution in [0.2, 0.25) is 0 Å². The SMILES string of the molecule is CC(C)OP(=O)(OC(C)C)C1C[C@@H]2OC(C)(C)O[C@@H]2CS1=O. The predicted molar refractivity (Wildman–Crippen MR) is 85.3 cm³/mol. The van der Waals surface area contributed by atoms with Crippen molar-refractivity contribution < 1.29 is 27.3 Å². The van der Waals surface area contributed by atoms with E-state index in [0.29, 0.717) is 12.2 Å². The summed E-state index contributed by atoms with van der Waals surface area (Å²) in [4.78, 5) is -0.670. The Labute approximate surface area is 135 Å². The minimum atomic E-state index is -3.49. The molecule has 2 unspecified atom stereocenters. The van der Waals surface area contributed by atoms with E-state index in [1.54, 1.807) is 27.7 Å². The average Bonchev–Trinajstić information content (AvgIpc) is 2.58. The van der Waals surface area contributed by atoms with Crippen LogP contribution in [-0.2, 0) is 33.9 Å². The summed E-state index contributed by atoms with van der Waals surface area (Å²) in [6.07, 6.45) is -0.624. The lowest BCUT2D eigenvalue weighted by Crippen LogP contribution is -2.42. The van der Waals surface area contributed by atoms with Crippen LogP contribution in [0.3, 0.4) is 0 Å². The molecule has 0 amide bonds. The van der Waals surface area contributed by atoms with Gasteiger partial charge in [0.05, 0.1) is 30.2 Å². The van der Waals surface area contributed by atoms with Gasteiger partial charge >= 0.3 is 7.60 Å². The molecule has 4 atom stereocenters. The summed E-state index contributed by atoms with van der Waals surface area (Å²) in [5, 5.41) is 0. The smallest absolute Gasteiger partial charge is 0.344 e. The van der Waals surface area contributed by atoms with Gasteiger partial charge in [0, 0.05) is 17.2 Å². The van der Waals surface area contributed by atoms with Crippen molar-refractivity contribution in [1.29, 1.82) is 0 Å². The molecule has 22 heavy (non-hydrogen) atoms. The van der Waals surface area contributed by atoms with E-state index in [-0.39, 0.29) is 24.4 Å². The van der Waals surface area contributed by atoms with Crippen molar-refractivity contribution in [3.63, 3.8) is 0 Å². The number of hydrogen-bond acceptors (Lipinski definition) is 6. The maximum Gasteiger partial charge on any atom is 0.346 e. The van der Waals surface area contributed by atoms with Crippen LogP contribution in [0.4, 0.5) is 0 Å². The van der Waals surface area contributed by atoms with Crippen LogP contribution in [0, 0.1) is 0 Å². The van der Waals surface area contributed by atoms with Crippen LogP contribution in [0.15, 0.2) is 0 Å². The fourth-order valence-corrected chi connectivity index (χ4v) is 7.75. The second-order valence-corrected chi connectivity index (χ2v) is 10.9. The van der Waals surface area contributed by atoms with Crippen molar-refractivity contribution in [3.8, 4) is 0 Å². The van der Waals surface area contributed by atoms with Gasteiger partial charge in [-0.3, -0.25) is 8.77 Å². The van der Waals surface area contributed by atoms with Gasteiger partial charge in [0.15, 0.2) is 5.79 Å². The van der Waals surface area contributed by atoms with Gasteiger partial charge in [0.25, 0.3) is 0 Å². The molecule has 6 nitrogen and oxygen atoms in total. The fourth-order valence-electron chi connectivity index (χ4n) is 2.85. The summed E-state index contributed by atoms with van der Waals surface area (Å²) in [5.41, 5.74) is 0. The molecule has 0 aromatic carbocycles. The van der Waals surface area contributed by atoms with E-state index in [9.17, 15) is 8.77 Å². The molecule has 2 heterocycles. The van der Waals surface area contributed by atoms with E-state index in [1.165, 1.54) is 0 Å². The van der Waals surface area contributed by atoms with Gasteiger partial charge in [0.1, 0.15) is 4.99 Å². The molecule has 2 saturated heterocycles. The van der Waals surface area contributed by atoms with Crippen LogP contribution in [0.1, 0.15) is 48.0 Å². The van der Waals surface area contributed by atoms with Crippen LogP contribution in [-0.4, -0.2) is 45.2 Å². The fraction of sp³-hybridized carbons (Fsp3) is 1.00. The van der Waals surface area contributed by atoms with E-state index in [1.807, 2.05) is 13.8 Å². The van der Waals surface area contributed by atoms with Crippen molar-refractivity contribution in [1.82, 2.24) is 0 Å². The number of fused-ring (bicyclic) bond motifs is 1. The van der Waals surface area contributed by atoms with E-state index in [0.717, 1.165) is 0 Å². The highest BCUT2D eigenvalue weighted by Crippen LogP contribution is 2.59. The lowest BCUT2D eigenvalue weighted by Gasteiger charge is -2.34. The molecule has 0 saturated carbocycles. The van der Waals surface area contributed by atoms with Crippen LogP contribution < -0.4 is 0 Å². The summed E-state index contributed by atoms with van der Waals surface area (Å²) < 4.78 is 48.6. The minimum Gasteiger partial charge on any atom is -0.344 e. The highest BCUT2D eigenvalue weighted by atomic mass is 32.2. The second kappa shape index (κ2) is 6.61. The number of hydrogen-bond donors (Lipinski definition) is 0. The van der Waals surface area contributed by atoms with Gasteiger partial charge in [-0.05, 0) is 41.5 Å². The average molecular weight is 354 g/mol. The van der Waals surface area contributed by atoms with Crippen molar-refractivity contribution in [3.05, 3.63) is 0 Å². The molecule has 2 fully saturated rings. The molecular formula is C14H27O6PS.